The van der Waals surface area contributed by atoms with Crippen molar-refractivity contribution in [1.29, 1.82) is 0 Å². The Kier molecular flexibility index (Phi) is 4.08. The average Bonchev–Trinajstić information content (AvgIpc) is 2.16. The van der Waals surface area contributed by atoms with E-state index in [2.05, 4.69) is 42.4 Å². The van der Waals surface area contributed by atoms with Crippen molar-refractivity contribution in [2.24, 2.45) is 0 Å². The molecule has 13 heavy (non-hydrogen) atoms. The van der Waals surface area contributed by atoms with Crippen LogP contribution in [0.15, 0.2) is 30.3 Å². The van der Waals surface area contributed by atoms with E-state index < -0.39 is 0 Å². The van der Waals surface area contributed by atoms with Crippen molar-refractivity contribution in [1.82, 2.24) is 5.32 Å². The minimum atomic E-state index is 0.443. The Morgan fingerprint density at radius 3 is 2.69 bits per heavy atom. The fraction of sp³-hybridized carbons (Fsp3) is 0.333. The maximum Gasteiger partial charge on any atom is 0.0575 e. The smallest absolute Gasteiger partial charge is 0.0575 e. The van der Waals surface area contributed by atoms with Crippen molar-refractivity contribution in [2.75, 3.05) is 6.54 Å². The molecule has 1 heteroatoms. The van der Waals surface area contributed by atoms with Gasteiger partial charge in [0.05, 0.1) is 6.54 Å². The van der Waals surface area contributed by atoms with Gasteiger partial charge in [0, 0.05) is 6.04 Å². The van der Waals surface area contributed by atoms with Crippen molar-refractivity contribution < 1.29 is 0 Å². The van der Waals surface area contributed by atoms with E-state index in [1.165, 1.54) is 5.56 Å². The third-order valence-electron chi connectivity index (χ3n) is 1.94. The van der Waals surface area contributed by atoms with Gasteiger partial charge in [0.15, 0.2) is 0 Å². The largest absolute Gasteiger partial charge is 0.303 e. The number of benzene rings is 1. The highest BCUT2D eigenvalue weighted by Crippen LogP contribution is 2.01. The Morgan fingerprint density at radius 1 is 1.38 bits per heavy atom. The zero-order valence-corrected chi connectivity index (χ0v) is 7.96. The van der Waals surface area contributed by atoms with Gasteiger partial charge in [-0.3, -0.25) is 0 Å². The maximum absolute atomic E-state index is 5.16. The number of hydrogen-bond donors (Lipinski definition) is 1. The third kappa shape index (κ3) is 3.78. The summed E-state index contributed by atoms with van der Waals surface area (Å²) in [5, 5.41) is 3.24. The normalized spacial score (nSPS) is 12.0. The van der Waals surface area contributed by atoms with E-state index in [9.17, 15) is 0 Å². The summed E-state index contributed by atoms with van der Waals surface area (Å²) in [6.07, 6.45) is 6.19. The lowest BCUT2D eigenvalue weighted by Gasteiger charge is -2.11. The summed E-state index contributed by atoms with van der Waals surface area (Å²) in [7, 11) is 0. The molecular formula is C12H15N. The average molecular weight is 173 g/mol. The van der Waals surface area contributed by atoms with Crippen LogP contribution in [0, 0.1) is 12.3 Å². The van der Waals surface area contributed by atoms with Gasteiger partial charge >= 0.3 is 0 Å². The number of terminal acetylenes is 1. The lowest BCUT2D eigenvalue weighted by molar-refractivity contribution is 0.585. The third-order valence-corrected chi connectivity index (χ3v) is 1.94. The minimum Gasteiger partial charge on any atom is -0.303 e. The van der Waals surface area contributed by atoms with Gasteiger partial charge in [-0.2, -0.15) is 0 Å². The van der Waals surface area contributed by atoms with E-state index in [1.54, 1.807) is 0 Å². The van der Waals surface area contributed by atoms with Gasteiger partial charge in [0.1, 0.15) is 0 Å². The van der Waals surface area contributed by atoms with E-state index >= 15 is 0 Å². The highest BCUT2D eigenvalue weighted by molar-refractivity contribution is 5.15. The quantitative estimate of drug-likeness (QED) is 0.685. The molecule has 1 rings (SSSR count). The van der Waals surface area contributed by atoms with Crippen molar-refractivity contribution in [3.05, 3.63) is 35.9 Å². The van der Waals surface area contributed by atoms with E-state index in [1.807, 2.05) is 6.07 Å². The lowest BCUT2D eigenvalue weighted by atomic mass is 10.1. The fourth-order valence-corrected chi connectivity index (χ4v) is 1.27. The summed E-state index contributed by atoms with van der Waals surface area (Å²) in [5.74, 6) is 2.57. The predicted octanol–water partition coefficient (Wildman–Crippen LogP) is 1.84. The molecule has 0 aliphatic heterocycles. The molecule has 1 aromatic rings. The standard InChI is InChI=1S/C12H15N/c1-3-9-13-11(2)10-12-7-5-4-6-8-12/h1,4-8,11,13H,9-10H2,2H3/t11-/m1/s1. The van der Waals surface area contributed by atoms with Gasteiger partial charge in [-0.15, -0.1) is 6.42 Å². The van der Waals surface area contributed by atoms with E-state index in [0.717, 1.165) is 6.42 Å². The Balaban J connectivity index is 2.37. The molecule has 0 heterocycles. The molecule has 1 aromatic carbocycles. The molecule has 1 N–H and O–H groups in total. The molecule has 0 unspecified atom stereocenters. The van der Waals surface area contributed by atoms with E-state index in [-0.39, 0.29) is 0 Å². The van der Waals surface area contributed by atoms with E-state index in [0.29, 0.717) is 12.6 Å². The van der Waals surface area contributed by atoms with Gasteiger partial charge in [-0.05, 0) is 18.9 Å². The zero-order valence-electron chi connectivity index (χ0n) is 7.96. The summed E-state index contributed by atoms with van der Waals surface area (Å²) < 4.78 is 0. The Morgan fingerprint density at radius 2 is 2.08 bits per heavy atom. The maximum atomic E-state index is 5.16. The van der Waals surface area contributed by atoms with Crippen LogP contribution in [-0.4, -0.2) is 12.6 Å². The second kappa shape index (κ2) is 5.40. The van der Waals surface area contributed by atoms with Crippen LogP contribution in [0.5, 0.6) is 0 Å². The number of hydrogen-bond acceptors (Lipinski definition) is 1. The first kappa shape index (κ1) is 9.83. The van der Waals surface area contributed by atoms with Gasteiger partial charge in [-0.1, -0.05) is 36.3 Å². The number of rotatable bonds is 4. The molecule has 1 nitrogen and oxygen atoms in total. The molecule has 0 aliphatic rings. The molecule has 0 bridgehead atoms. The molecule has 0 spiro atoms. The summed E-state index contributed by atoms with van der Waals surface area (Å²) in [5.41, 5.74) is 1.35. The van der Waals surface area contributed by atoms with Crippen LogP contribution in [0.2, 0.25) is 0 Å². The fourth-order valence-electron chi connectivity index (χ4n) is 1.27. The highest BCUT2D eigenvalue weighted by atomic mass is 14.9. The highest BCUT2D eigenvalue weighted by Gasteiger charge is 2.00. The van der Waals surface area contributed by atoms with Crippen molar-refractivity contribution in [3.8, 4) is 12.3 Å². The zero-order chi connectivity index (χ0) is 9.52. The molecule has 0 aliphatic carbocycles. The second-order valence-corrected chi connectivity index (χ2v) is 3.18. The monoisotopic (exact) mass is 173 g/mol. The van der Waals surface area contributed by atoms with Crippen LogP contribution in [0.3, 0.4) is 0 Å². The Labute approximate surface area is 80.2 Å². The Hall–Kier alpha value is -1.26. The van der Waals surface area contributed by atoms with E-state index in [4.69, 9.17) is 6.42 Å². The number of nitrogens with one attached hydrogen (secondary N) is 1. The molecule has 68 valence electrons. The van der Waals surface area contributed by atoms with Gasteiger partial charge in [0.25, 0.3) is 0 Å². The Bertz CT molecular complexity index is 271. The molecular weight excluding hydrogens is 158 g/mol. The first-order valence-corrected chi connectivity index (χ1v) is 4.53. The van der Waals surface area contributed by atoms with Crippen LogP contribution in [0.4, 0.5) is 0 Å². The summed E-state index contributed by atoms with van der Waals surface area (Å²) in [6, 6.07) is 10.9. The summed E-state index contributed by atoms with van der Waals surface area (Å²) in [4.78, 5) is 0. The van der Waals surface area contributed by atoms with Crippen molar-refractivity contribution in [2.45, 2.75) is 19.4 Å². The lowest BCUT2D eigenvalue weighted by Crippen LogP contribution is -2.28. The van der Waals surface area contributed by atoms with Crippen LogP contribution in [0.1, 0.15) is 12.5 Å². The molecule has 0 radical (unpaired) electrons. The van der Waals surface area contributed by atoms with Crippen molar-refractivity contribution in [3.63, 3.8) is 0 Å². The van der Waals surface area contributed by atoms with Gasteiger partial charge < -0.3 is 5.32 Å². The second-order valence-electron chi connectivity index (χ2n) is 3.18. The first-order valence-electron chi connectivity index (χ1n) is 4.53. The van der Waals surface area contributed by atoms with Crippen LogP contribution < -0.4 is 5.32 Å². The van der Waals surface area contributed by atoms with Gasteiger partial charge in [-0.25, -0.2) is 0 Å². The molecule has 1 atom stereocenters. The predicted molar refractivity (Wildman–Crippen MR) is 56.4 cm³/mol. The minimum absolute atomic E-state index is 0.443. The molecule has 0 fully saturated rings. The SMILES string of the molecule is C#CCN[C@H](C)Cc1ccccc1. The van der Waals surface area contributed by atoms with Gasteiger partial charge in [0.2, 0.25) is 0 Å². The molecule has 0 amide bonds. The van der Waals surface area contributed by atoms with Crippen LogP contribution in [0.25, 0.3) is 0 Å². The first-order chi connectivity index (χ1) is 6.33. The summed E-state index contributed by atoms with van der Waals surface area (Å²) >= 11 is 0. The molecule has 0 aromatic heterocycles. The van der Waals surface area contributed by atoms with Crippen LogP contribution >= 0.6 is 0 Å². The van der Waals surface area contributed by atoms with Crippen molar-refractivity contribution >= 4 is 0 Å². The molecule has 0 saturated carbocycles. The molecule has 0 saturated heterocycles. The van der Waals surface area contributed by atoms with Crippen LogP contribution in [-0.2, 0) is 6.42 Å². The summed E-state index contributed by atoms with van der Waals surface area (Å²) in [6.45, 7) is 2.79. The topological polar surface area (TPSA) is 12.0 Å².